The largest absolute Gasteiger partial charge is 0.454 e. The molecule has 1 aliphatic heterocycles. The van der Waals surface area contributed by atoms with Gasteiger partial charge < -0.3 is 14.5 Å². The number of aromatic nitrogens is 1. The van der Waals surface area contributed by atoms with Gasteiger partial charge in [-0.2, -0.15) is 0 Å². The number of H-pyrrole nitrogens is 1. The van der Waals surface area contributed by atoms with Gasteiger partial charge in [-0.15, -0.1) is 0 Å². The summed E-state index contributed by atoms with van der Waals surface area (Å²) in [6, 6.07) is 13.1. The van der Waals surface area contributed by atoms with Gasteiger partial charge in [0.25, 0.3) is 5.91 Å². The average molecular weight is 321 g/mol. The molecule has 0 saturated heterocycles. The number of hydrazine groups is 1. The van der Waals surface area contributed by atoms with Gasteiger partial charge in [-0.05, 0) is 24.3 Å². The van der Waals surface area contributed by atoms with Gasteiger partial charge >= 0.3 is 0 Å². The molecule has 120 valence electrons. The van der Waals surface area contributed by atoms with Crippen molar-refractivity contribution in [1.29, 1.82) is 0 Å². The van der Waals surface area contributed by atoms with Crippen LogP contribution < -0.4 is 20.3 Å². The second-order valence-corrected chi connectivity index (χ2v) is 5.37. The van der Waals surface area contributed by atoms with Gasteiger partial charge in [0.05, 0.1) is 11.3 Å². The van der Waals surface area contributed by atoms with Crippen molar-refractivity contribution in [3.8, 4) is 11.5 Å². The highest BCUT2D eigenvalue weighted by atomic mass is 16.7. The molecule has 1 aliphatic rings. The van der Waals surface area contributed by atoms with Gasteiger partial charge in [0, 0.05) is 22.7 Å². The van der Waals surface area contributed by atoms with Crippen LogP contribution >= 0.6 is 0 Å². The summed E-state index contributed by atoms with van der Waals surface area (Å²) in [6.07, 6.45) is 1.69. The van der Waals surface area contributed by atoms with E-state index in [4.69, 9.17) is 9.47 Å². The van der Waals surface area contributed by atoms with Gasteiger partial charge in [-0.3, -0.25) is 15.6 Å². The number of aromatic amines is 1. The quantitative estimate of drug-likeness (QED) is 0.646. The number of ether oxygens (including phenoxy) is 2. The lowest BCUT2D eigenvalue weighted by Gasteiger charge is -2.11. The number of amides is 1. The molecule has 4 rings (SSSR count). The molecule has 1 aromatic heterocycles. The molecule has 2 aromatic carbocycles. The number of nitrogens with one attached hydrogen (secondary N) is 3. The first kappa shape index (κ1) is 14.2. The van der Waals surface area contributed by atoms with Crippen LogP contribution in [-0.4, -0.2) is 17.7 Å². The monoisotopic (exact) mass is 321 g/mol. The van der Waals surface area contributed by atoms with Crippen LogP contribution in [0, 0.1) is 0 Å². The van der Waals surface area contributed by atoms with Crippen molar-refractivity contribution in [1.82, 2.24) is 15.8 Å². The van der Waals surface area contributed by atoms with E-state index < -0.39 is 0 Å². The fourth-order valence-electron chi connectivity index (χ4n) is 2.62. The third-order valence-electron chi connectivity index (χ3n) is 3.88. The standard InChI is InChI=1S/C18H15N3O3/c1-11(12-6-7-16-17(8-12)24-10-23-16)20-21-18(22)14-9-19-15-5-3-2-4-13(14)15/h2-9,19-20H,1,10H2,(H,21,22). The molecular weight excluding hydrogens is 306 g/mol. The summed E-state index contributed by atoms with van der Waals surface area (Å²) >= 11 is 0. The minimum atomic E-state index is -0.241. The number of fused-ring (bicyclic) bond motifs is 2. The van der Waals surface area contributed by atoms with Crippen LogP contribution in [0.5, 0.6) is 11.5 Å². The zero-order chi connectivity index (χ0) is 16.5. The summed E-state index contributed by atoms with van der Waals surface area (Å²) in [4.78, 5) is 15.4. The lowest BCUT2D eigenvalue weighted by molar-refractivity contribution is 0.0944. The van der Waals surface area contributed by atoms with Crippen LogP contribution in [0.3, 0.4) is 0 Å². The molecule has 3 aromatic rings. The van der Waals surface area contributed by atoms with Crippen molar-refractivity contribution in [2.24, 2.45) is 0 Å². The fraction of sp³-hybridized carbons (Fsp3) is 0.0556. The minimum absolute atomic E-state index is 0.218. The van der Waals surface area contributed by atoms with Gasteiger partial charge in [-0.1, -0.05) is 24.8 Å². The molecule has 0 bridgehead atoms. The van der Waals surface area contributed by atoms with Gasteiger partial charge in [0.15, 0.2) is 11.5 Å². The Morgan fingerprint density at radius 2 is 1.92 bits per heavy atom. The molecule has 6 heteroatoms. The van der Waals surface area contributed by atoms with E-state index in [1.165, 1.54) is 0 Å². The maximum atomic E-state index is 12.4. The number of carbonyl (C=O) groups is 1. The third kappa shape index (κ3) is 2.44. The van der Waals surface area contributed by atoms with Crippen molar-refractivity contribution < 1.29 is 14.3 Å². The predicted molar refractivity (Wildman–Crippen MR) is 90.5 cm³/mol. The van der Waals surface area contributed by atoms with E-state index in [-0.39, 0.29) is 12.7 Å². The topological polar surface area (TPSA) is 75.4 Å². The Bertz CT molecular complexity index is 946. The van der Waals surface area contributed by atoms with Gasteiger partial charge in [0.1, 0.15) is 0 Å². The average Bonchev–Trinajstić information content (AvgIpc) is 3.25. The van der Waals surface area contributed by atoms with Crippen LogP contribution in [0.25, 0.3) is 16.6 Å². The van der Waals surface area contributed by atoms with Gasteiger partial charge in [-0.25, -0.2) is 0 Å². The first-order valence-electron chi connectivity index (χ1n) is 7.44. The summed E-state index contributed by atoms with van der Waals surface area (Å²) in [6.45, 7) is 4.15. The molecule has 0 saturated carbocycles. The van der Waals surface area contributed by atoms with Crippen LogP contribution in [0.1, 0.15) is 15.9 Å². The second-order valence-electron chi connectivity index (χ2n) is 5.37. The lowest BCUT2D eigenvalue weighted by atomic mass is 10.1. The number of rotatable bonds is 4. The summed E-state index contributed by atoms with van der Waals surface area (Å²) < 4.78 is 10.6. The van der Waals surface area contributed by atoms with Crippen LogP contribution in [0.2, 0.25) is 0 Å². The molecule has 1 amide bonds. The normalized spacial score (nSPS) is 12.2. The first-order valence-corrected chi connectivity index (χ1v) is 7.44. The van der Waals surface area contributed by atoms with E-state index in [1.54, 1.807) is 6.20 Å². The van der Waals surface area contributed by atoms with E-state index in [0.29, 0.717) is 22.8 Å². The zero-order valence-electron chi connectivity index (χ0n) is 12.8. The molecule has 0 fully saturated rings. The number of carbonyl (C=O) groups excluding carboxylic acids is 1. The van der Waals surface area contributed by atoms with E-state index in [2.05, 4.69) is 22.4 Å². The molecule has 2 heterocycles. The summed E-state index contributed by atoms with van der Waals surface area (Å²) in [5.74, 6) is 1.13. The molecule has 0 radical (unpaired) electrons. The van der Waals surface area contributed by atoms with Crippen molar-refractivity contribution in [2.75, 3.05) is 6.79 Å². The highest BCUT2D eigenvalue weighted by Gasteiger charge is 2.15. The molecule has 24 heavy (non-hydrogen) atoms. The Hall–Kier alpha value is -3.41. The van der Waals surface area contributed by atoms with Crippen LogP contribution in [0.4, 0.5) is 0 Å². The van der Waals surface area contributed by atoms with E-state index in [1.807, 2.05) is 42.5 Å². The van der Waals surface area contributed by atoms with Crippen molar-refractivity contribution >= 4 is 22.5 Å². The van der Waals surface area contributed by atoms with Crippen LogP contribution in [0.15, 0.2) is 55.2 Å². The number of hydrogen-bond donors (Lipinski definition) is 3. The Morgan fingerprint density at radius 3 is 2.83 bits per heavy atom. The Morgan fingerprint density at radius 1 is 1.08 bits per heavy atom. The highest BCUT2D eigenvalue weighted by molar-refractivity contribution is 6.06. The van der Waals surface area contributed by atoms with Crippen LogP contribution in [-0.2, 0) is 0 Å². The molecule has 0 spiro atoms. The van der Waals surface area contributed by atoms with E-state index in [0.717, 1.165) is 16.5 Å². The Labute approximate surface area is 138 Å². The van der Waals surface area contributed by atoms with E-state index >= 15 is 0 Å². The Balaban J connectivity index is 1.46. The fourth-order valence-corrected chi connectivity index (χ4v) is 2.62. The third-order valence-corrected chi connectivity index (χ3v) is 3.88. The maximum absolute atomic E-state index is 12.4. The summed E-state index contributed by atoms with van der Waals surface area (Å²) in [5.41, 5.74) is 8.34. The SMILES string of the molecule is C=C(NNC(=O)c1c[nH]c2ccccc12)c1ccc2c(c1)OCO2. The summed E-state index contributed by atoms with van der Waals surface area (Å²) in [7, 11) is 0. The first-order chi connectivity index (χ1) is 11.7. The number of para-hydroxylation sites is 1. The van der Waals surface area contributed by atoms with Crippen molar-refractivity contribution in [2.45, 2.75) is 0 Å². The predicted octanol–water partition coefficient (Wildman–Crippen LogP) is 2.80. The van der Waals surface area contributed by atoms with Crippen molar-refractivity contribution in [3.63, 3.8) is 0 Å². The molecule has 3 N–H and O–H groups in total. The molecule has 0 atom stereocenters. The van der Waals surface area contributed by atoms with E-state index in [9.17, 15) is 4.79 Å². The molecular formula is C18H15N3O3. The van der Waals surface area contributed by atoms with Crippen molar-refractivity contribution in [3.05, 3.63) is 66.4 Å². The van der Waals surface area contributed by atoms with Gasteiger partial charge in [0.2, 0.25) is 6.79 Å². The smallest absolute Gasteiger partial charge is 0.271 e. The molecule has 0 unspecified atom stereocenters. The zero-order valence-corrected chi connectivity index (χ0v) is 12.8. The molecule has 0 aliphatic carbocycles. The maximum Gasteiger partial charge on any atom is 0.271 e. The number of benzene rings is 2. The second kappa shape index (κ2) is 5.66. The summed E-state index contributed by atoms with van der Waals surface area (Å²) in [5, 5.41) is 0.866. The Kier molecular flexibility index (Phi) is 3.35. The minimum Gasteiger partial charge on any atom is -0.454 e. The molecule has 6 nitrogen and oxygen atoms in total. The number of hydrogen-bond acceptors (Lipinski definition) is 4. The lowest BCUT2D eigenvalue weighted by Crippen LogP contribution is -2.35. The highest BCUT2D eigenvalue weighted by Crippen LogP contribution is 2.33.